The smallest absolute Gasteiger partial charge is 0.416 e. The molecule has 2 aromatic heterocycles. The van der Waals surface area contributed by atoms with Gasteiger partial charge in [-0.05, 0) is 90.8 Å². The molecule has 0 spiro atoms. The van der Waals surface area contributed by atoms with Gasteiger partial charge in [-0.25, -0.2) is 14.8 Å². The zero-order chi connectivity index (χ0) is 40.9. The Morgan fingerprint density at radius 1 is 0.661 bits per heavy atom. The number of rotatable bonds is 10. The van der Waals surface area contributed by atoms with Crippen molar-refractivity contribution in [2.75, 3.05) is 0 Å². The van der Waals surface area contributed by atoms with Crippen LogP contribution in [0.3, 0.4) is 0 Å². The van der Waals surface area contributed by atoms with E-state index >= 15 is 0 Å². The van der Waals surface area contributed by atoms with E-state index in [9.17, 15) is 41.0 Å². The average molecular weight is 822 g/mol. The summed E-state index contributed by atoms with van der Waals surface area (Å²) >= 11 is 11.8. The zero-order valence-corrected chi connectivity index (χ0v) is 30.8. The third-order valence-corrected chi connectivity index (χ3v) is 8.37. The number of aromatic carboxylic acids is 1. The highest BCUT2D eigenvalue weighted by molar-refractivity contribution is 6.32. The minimum Gasteiger partial charge on any atom is -0.487 e. The van der Waals surface area contributed by atoms with Gasteiger partial charge in [0.2, 0.25) is 0 Å². The van der Waals surface area contributed by atoms with Crippen molar-refractivity contribution >= 4 is 35.0 Å². The van der Waals surface area contributed by atoms with Gasteiger partial charge in [-0.15, -0.1) is 0 Å². The maximum atomic E-state index is 12.7. The number of nitrogens with zero attached hydrogens (tertiary/aromatic N) is 2. The molecule has 4 aromatic carbocycles. The second-order valence-corrected chi connectivity index (χ2v) is 12.9. The van der Waals surface area contributed by atoms with Crippen LogP contribution < -0.4 is 9.47 Å². The molecule has 2 heterocycles. The third kappa shape index (κ3) is 10.7. The van der Waals surface area contributed by atoms with E-state index in [-0.39, 0.29) is 46.1 Å². The van der Waals surface area contributed by atoms with E-state index in [0.29, 0.717) is 51.0 Å². The van der Waals surface area contributed by atoms with E-state index in [1.54, 1.807) is 38.1 Å². The fourth-order valence-electron chi connectivity index (χ4n) is 5.08. The molecule has 0 radical (unpaired) electrons. The van der Waals surface area contributed by atoms with Crippen molar-refractivity contribution < 1.29 is 59.3 Å². The molecular weight excluding hydrogens is 793 g/mol. The SMILES string of the molecule is CC(=O)c1cc(COc2ccc(C(F)(F)F)cc2Cl)cc(-c2coc(C)n2)c1.Cc1nc(-c2cc(COc3ccc(C(F)(F)F)cc3Cl)cc(C(=O)O)c2)co1. The molecule has 9 nitrogen and oxygen atoms in total. The molecule has 292 valence electrons. The number of aromatic nitrogens is 2. The second-order valence-electron chi connectivity index (χ2n) is 12.1. The van der Waals surface area contributed by atoms with Gasteiger partial charge in [0, 0.05) is 30.5 Å². The van der Waals surface area contributed by atoms with Gasteiger partial charge in [0.25, 0.3) is 0 Å². The molecule has 0 aliphatic rings. The van der Waals surface area contributed by atoms with Crippen LogP contribution in [-0.4, -0.2) is 26.8 Å². The van der Waals surface area contributed by atoms with Crippen LogP contribution in [0.25, 0.3) is 22.5 Å². The quantitative estimate of drug-likeness (QED) is 0.106. The van der Waals surface area contributed by atoms with E-state index in [0.717, 1.165) is 30.3 Å². The Hall–Kier alpha value is -5.80. The van der Waals surface area contributed by atoms with Crippen molar-refractivity contribution in [3.63, 3.8) is 0 Å². The van der Waals surface area contributed by atoms with Gasteiger partial charge in [-0.3, -0.25) is 4.79 Å². The van der Waals surface area contributed by atoms with Crippen molar-refractivity contribution in [3.8, 4) is 34.0 Å². The summed E-state index contributed by atoms with van der Waals surface area (Å²) in [5, 5.41) is 8.96. The number of benzene rings is 4. The Bertz CT molecular complexity index is 2220. The Morgan fingerprint density at radius 2 is 1.07 bits per heavy atom. The maximum Gasteiger partial charge on any atom is 0.416 e. The number of ether oxygens (including phenoxy) is 2. The highest BCUT2D eigenvalue weighted by atomic mass is 35.5. The van der Waals surface area contributed by atoms with Gasteiger partial charge in [0.05, 0.1) is 26.7 Å². The van der Waals surface area contributed by atoms with Crippen LogP contribution in [0.2, 0.25) is 10.0 Å². The summed E-state index contributed by atoms with van der Waals surface area (Å²) in [7, 11) is 0. The Balaban J connectivity index is 0.000000214. The number of oxazole rings is 2. The van der Waals surface area contributed by atoms with E-state index in [4.69, 9.17) is 41.5 Å². The van der Waals surface area contributed by atoms with Crippen molar-refractivity contribution in [3.05, 3.63) is 141 Å². The zero-order valence-electron chi connectivity index (χ0n) is 29.3. The number of aryl methyl sites for hydroxylation is 2. The second kappa shape index (κ2) is 16.9. The predicted molar refractivity (Wildman–Crippen MR) is 192 cm³/mol. The lowest BCUT2D eigenvalue weighted by atomic mass is 10.0. The van der Waals surface area contributed by atoms with Crippen LogP contribution in [0, 0.1) is 13.8 Å². The Morgan fingerprint density at radius 3 is 1.41 bits per heavy atom. The molecule has 0 saturated heterocycles. The van der Waals surface area contributed by atoms with Crippen molar-refractivity contribution in [2.45, 2.75) is 46.3 Å². The topological polar surface area (TPSA) is 125 Å². The van der Waals surface area contributed by atoms with Gasteiger partial charge in [0.1, 0.15) is 48.6 Å². The lowest BCUT2D eigenvalue weighted by Crippen LogP contribution is -2.05. The molecule has 6 rings (SSSR count). The number of hydrogen-bond donors (Lipinski definition) is 1. The Kier molecular flexibility index (Phi) is 12.5. The molecule has 0 bridgehead atoms. The first-order valence-corrected chi connectivity index (χ1v) is 16.9. The Labute approximate surface area is 324 Å². The summed E-state index contributed by atoms with van der Waals surface area (Å²) < 4.78 is 97.7. The van der Waals surface area contributed by atoms with Gasteiger partial charge in [-0.1, -0.05) is 23.2 Å². The summed E-state index contributed by atoms with van der Waals surface area (Å²) in [5.41, 5.74) is 2.03. The molecule has 17 heteroatoms. The molecule has 0 atom stereocenters. The molecular formula is C39H28Cl2F6N2O7. The van der Waals surface area contributed by atoms with Crippen LogP contribution in [0.1, 0.15) is 61.7 Å². The first kappa shape index (κ1) is 41.4. The van der Waals surface area contributed by atoms with Crippen LogP contribution in [0.5, 0.6) is 11.5 Å². The monoisotopic (exact) mass is 820 g/mol. The summed E-state index contributed by atoms with van der Waals surface area (Å²) in [6.45, 7) is 4.70. The highest BCUT2D eigenvalue weighted by Crippen LogP contribution is 2.37. The number of Topliss-reactive ketones (excluding diaryl/α,β-unsaturated/α-hetero) is 1. The number of carbonyl (C=O) groups excluding carboxylic acids is 1. The lowest BCUT2D eigenvalue weighted by molar-refractivity contribution is -0.138. The van der Waals surface area contributed by atoms with Crippen LogP contribution in [0.15, 0.2) is 94.2 Å². The fourth-order valence-corrected chi connectivity index (χ4v) is 5.55. The van der Waals surface area contributed by atoms with Gasteiger partial charge < -0.3 is 23.4 Å². The van der Waals surface area contributed by atoms with Gasteiger partial charge >= 0.3 is 18.3 Å². The number of alkyl halides is 6. The molecule has 0 aliphatic carbocycles. The molecule has 56 heavy (non-hydrogen) atoms. The molecule has 0 saturated carbocycles. The first-order chi connectivity index (χ1) is 26.3. The normalized spacial score (nSPS) is 11.5. The average Bonchev–Trinajstić information content (AvgIpc) is 3.77. The predicted octanol–water partition coefficient (Wildman–Crippen LogP) is 11.7. The molecule has 1 N–H and O–H groups in total. The van der Waals surface area contributed by atoms with E-state index in [2.05, 4.69) is 9.97 Å². The minimum absolute atomic E-state index is 0.00951. The van der Waals surface area contributed by atoms with Crippen LogP contribution in [0.4, 0.5) is 26.3 Å². The molecule has 0 fully saturated rings. The molecule has 0 amide bonds. The standard InChI is InChI=1S/C20H15ClF3NO3.C19H13ClF3NO4/c1-11(26)14-5-13(6-15(7-14)18-10-27-12(2)25-18)9-28-19-4-3-16(8-17(19)21)20(22,23)24;1-10-24-16(9-27-10)12-4-11(5-13(6-12)18(25)26)8-28-17-3-2-14(7-15(17)20)19(21,22)23/h3-8,10H,9H2,1-2H3;2-7,9H,8H2,1H3,(H,25,26). The van der Waals surface area contributed by atoms with Gasteiger partial charge in [0.15, 0.2) is 17.6 Å². The number of halogens is 8. The summed E-state index contributed by atoms with van der Waals surface area (Å²) in [5.74, 6) is -0.217. The number of ketones is 1. The lowest BCUT2D eigenvalue weighted by Gasteiger charge is -2.12. The van der Waals surface area contributed by atoms with Crippen molar-refractivity contribution in [1.82, 2.24) is 9.97 Å². The van der Waals surface area contributed by atoms with Crippen LogP contribution >= 0.6 is 23.2 Å². The molecule has 0 unspecified atom stereocenters. The summed E-state index contributed by atoms with van der Waals surface area (Å²) in [6, 6.07) is 15.2. The number of hydrogen-bond acceptors (Lipinski definition) is 8. The number of carboxylic acids is 1. The first-order valence-electron chi connectivity index (χ1n) is 16.1. The largest absolute Gasteiger partial charge is 0.487 e. The van der Waals surface area contributed by atoms with E-state index < -0.39 is 29.4 Å². The molecule has 6 aromatic rings. The van der Waals surface area contributed by atoms with Gasteiger partial charge in [-0.2, -0.15) is 26.3 Å². The number of carboxylic acid groups (broad SMARTS) is 1. The molecule has 0 aliphatic heterocycles. The summed E-state index contributed by atoms with van der Waals surface area (Å²) in [6.07, 6.45) is -6.12. The van der Waals surface area contributed by atoms with Crippen LogP contribution in [-0.2, 0) is 25.6 Å². The highest BCUT2D eigenvalue weighted by Gasteiger charge is 2.32. The maximum absolute atomic E-state index is 12.7. The van der Waals surface area contributed by atoms with Crippen molar-refractivity contribution in [1.29, 1.82) is 0 Å². The minimum atomic E-state index is -4.51. The third-order valence-electron chi connectivity index (χ3n) is 7.78. The summed E-state index contributed by atoms with van der Waals surface area (Å²) in [4.78, 5) is 31.6. The fraction of sp³-hybridized carbons (Fsp3) is 0.179. The van der Waals surface area contributed by atoms with Crippen molar-refractivity contribution in [2.24, 2.45) is 0 Å². The number of carbonyl (C=O) groups is 2. The van der Waals surface area contributed by atoms with E-state index in [1.807, 2.05) is 0 Å². The van der Waals surface area contributed by atoms with E-state index in [1.165, 1.54) is 37.6 Å².